The molecule has 0 radical (unpaired) electrons. The van der Waals surface area contributed by atoms with Gasteiger partial charge in [0, 0.05) is 16.7 Å². The van der Waals surface area contributed by atoms with Gasteiger partial charge in [-0.3, -0.25) is 4.89 Å². The van der Waals surface area contributed by atoms with Crippen LogP contribution in [0, 0.1) is 0 Å². The number of rotatable bonds is 9. The van der Waals surface area contributed by atoms with Crippen LogP contribution < -0.4 is 0 Å². The zero-order valence-electron chi connectivity index (χ0n) is 20.2. The Morgan fingerprint density at radius 1 is 0.633 bits per heavy atom. The fourth-order valence-corrected chi connectivity index (χ4v) is 0.819. The Kier molecular flexibility index (Phi) is 31.1. The van der Waals surface area contributed by atoms with Gasteiger partial charge in [0.15, 0.2) is 0 Å². The highest BCUT2D eigenvalue weighted by atomic mass is 17.2. The molecule has 0 amide bonds. The molecular formula is C23H42O7. The van der Waals surface area contributed by atoms with Gasteiger partial charge in [-0.05, 0) is 40.5 Å². The number of carbonyl (C=O) groups excluding carboxylic acids is 3. The van der Waals surface area contributed by atoms with Crippen molar-refractivity contribution < 1.29 is 33.6 Å². The summed E-state index contributed by atoms with van der Waals surface area (Å²) < 4.78 is 9.43. The molecular weight excluding hydrogens is 388 g/mol. The molecule has 0 unspecified atom stereocenters. The van der Waals surface area contributed by atoms with Gasteiger partial charge in [0.25, 0.3) is 0 Å². The summed E-state index contributed by atoms with van der Waals surface area (Å²) in [7, 11) is 0. The molecule has 0 N–H and O–H groups in total. The molecule has 30 heavy (non-hydrogen) atoms. The van der Waals surface area contributed by atoms with Gasteiger partial charge in [-0.1, -0.05) is 53.9 Å². The highest BCUT2D eigenvalue weighted by Gasteiger charge is 2.02. The zero-order chi connectivity index (χ0) is 24.5. The molecule has 0 atom stereocenters. The fourth-order valence-electron chi connectivity index (χ4n) is 0.819. The quantitative estimate of drug-likeness (QED) is 0.206. The van der Waals surface area contributed by atoms with Crippen LogP contribution in [0.2, 0.25) is 0 Å². The molecule has 0 aromatic rings. The molecule has 0 bridgehead atoms. The highest BCUT2D eigenvalue weighted by Crippen LogP contribution is 1.93. The van der Waals surface area contributed by atoms with Gasteiger partial charge in [0.1, 0.15) is 0 Å². The van der Waals surface area contributed by atoms with Crippen molar-refractivity contribution in [2.45, 2.75) is 74.7 Å². The third kappa shape index (κ3) is 33.2. The minimum atomic E-state index is -0.517. The topological polar surface area (TPSA) is 88.1 Å². The molecule has 0 aromatic carbocycles. The van der Waals surface area contributed by atoms with E-state index >= 15 is 0 Å². The lowest BCUT2D eigenvalue weighted by atomic mass is 10.4. The largest absolute Gasteiger partial charge is 0.462 e. The average molecular weight is 431 g/mol. The molecule has 7 nitrogen and oxygen atoms in total. The summed E-state index contributed by atoms with van der Waals surface area (Å²) in [6.45, 7) is 26.3. The zero-order valence-corrected chi connectivity index (χ0v) is 20.2. The van der Waals surface area contributed by atoms with Gasteiger partial charge in [0.05, 0.1) is 19.8 Å². The second-order valence-electron chi connectivity index (χ2n) is 6.10. The lowest BCUT2D eigenvalue weighted by Crippen LogP contribution is -2.05. The van der Waals surface area contributed by atoms with Gasteiger partial charge in [-0.2, -0.15) is 4.89 Å². The van der Waals surface area contributed by atoms with Crippen LogP contribution in [0.15, 0.2) is 36.5 Å². The first-order valence-corrected chi connectivity index (χ1v) is 10.1. The van der Waals surface area contributed by atoms with Crippen molar-refractivity contribution in [1.82, 2.24) is 0 Å². The van der Waals surface area contributed by atoms with Crippen molar-refractivity contribution in [3.05, 3.63) is 36.5 Å². The van der Waals surface area contributed by atoms with Crippen LogP contribution in [0.5, 0.6) is 0 Å². The van der Waals surface area contributed by atoms with Crippen LogP contribution in [0.3, 0.4) is 0 Å². The molecule has 176 valence electrons. The third-order valence-electron chi connectivity index (χ3n) is 2.17. The Hall–Kier alpha value is -2.41. The van der Waals surface area contributed by atoms with Crippen LogP contribution in [0.25, 0.3) is 0 Å². The van der Waals surface area contributed by atoms with Crippen molar-refractivity contribution >= 4 is 17.9 Å². The van der Waals surface area contributed by atoms with E-state index in [1.807, 2.05) is 13.8 Å². The standard InChI is InChI=1S/2C7H12O2.C6H10O3.C3H8/c2*1-4-5-9-7(8)6(2)3;1-4-8-9-6(7)5(2)3;1-3-2/h2*2,4-5H2,1,3H3;2,4H2,1,3H3;3H2,1-2H3. The van der Waals surface area contributed by atoms with Crippen molar-refractivity contribution in [2.75, 3.05) is 19.8 Å². The minimum Gasteiger partial charge on any atom is -0.462 e. The summed E-state index contributed by atoms with van der Waals surface area (Å²) in [6.07, 6.45) is 2.97. The molecule has 0 aromatic heterocycles. The van der Waals surface area contributed by atoms with Crippen LogP contribution in [-0.2, 0) is 33.6 Å². The monoisotopic (exact) mass is 430 g/mol. The van der Waals surface area contributed by atoms with E-state index in [2.05, 4.69) is 43.4 Å². The first-order chi connectivity index (χ1) is 14.0. The van der Waals surface area contributed by atoms with E-state index in [-0.39, 0.29) is 11.9 Å². The predicted octanol–water partition coefficient (Wildman–Crippen LogP) is 5.50. The van der Waals surface area contributed by atoms with Crippen molar-refractivity contribution in [3.8, 4) is 0 Å². The van der Waals surface area contributed by atoms with E-state index in [9.17, 15) is 14.4 Å². The third-order valence-corrected chi connectivity index (χ3v) is 2.17. The SMILES string of the molecule is C=C(C)C(=O)OCCC.C=C(C)C(=O)OCCC.C=C(C)C(=O)OOCC.CCC. The van der Waals surface area contributed by atoms with Gasteiger partial charge in [-0.25, -0.2) is 14.4 Å². The van der Waals surface area contributed by atoms with E-state index in [0.29, 0.717) is 36.5 Å². The molecule has 0 fully saturated rings. The average Bonchev–Trinajstić information content (AvgIpc) is 2.69. The first-order valence-electron chi connectivity index (χ1n) is 10.1. The van der Waals surface area contributed by atoms with Gasteiger partial charge >= 0.3 is 17.9 Å². The minimum absolute atomic E-state index is 0.295. The Morgan fingerprint density at radius 3 is 1.13 bits per heavy atom. The van der Waals surface area contributed by atoms with Gasteiger partial charge in [0.2, 0.25) is 0 Å². The Bertz CT molecular complexity index is 436. The fraction of sp³-hybridized carbons (Fsp3) is 0.609. The second kappa shape index (κ2) is 26.6. The Morgan fingerprint density at radius 2 is 0.933 bits per heavy atom. The number of hydrogen-bond donors (Lipinski definition) is 0. The Balaban J connectivity index is -0.000000158. The summed E-state index contributed by atoms with van der Waals surface area (Å²) in [5.41, 5.74) is 1.26. The van der Waals surface area contributed by atoms with Crippen LogP contribution in [0.4, 0.5) is 0 Å². The number of ether oxygens (including phenoxy) is 2. The molecule has 0 saturated heterocycles. The number of hydrogen-bond acceptors (Lipinski definition) is 7. The van der Waals surface area contributed by atoms with Crippen LogP contribution in [-0.4, -0.2) is 37.7 Å². The molecule has 0 aliphatic carbocycles. The highest BCUT2D eigenvalue weighted by molar-refractivity contribution is 5.87. The molecule has 7 heteroatoms. The molecule has 0 saturated carbocycles. The first kappa shape index (κ1) is 35.1. The lowest BCUT2D eigenvalue weighted by Gasteiger charge is -1.99. The summed E-state index contributed by atoms with van der Waals surface area (Å²) in [6, 6.07) is 0. The van der Waals surface area contributed by atoms with E-state index in [1.54, 1.807) is 27.7 Å². The normalized spacial score (nSPS) is 8.40. The van der Waals surface area contributed by atoms with Gasteiger partial charge < -0.3 is 9.47 Å². The molecule has 0 aliphatic heterocycles. The van der Waals surface area contributed by atoms with Crippen LogP contribution in [0.1, 0.15) is 74.7 Å². The summed E-state index contributed by atoms with van der Waals surface area (Å²) in [5.74, 6) is -1.11. The van der Waals surface area contributed by atoms with E-state index in [0.717, 1.165) is 12.8 Å². The van der Waals surface area contributed by atoms with Crippen molar-refractivity contribution in [1.29, 1.82) is 0 Å². The summed E-state index contributed by atoms with van der Waals surface area (Å²) >= 11 is 0. The maximum atomic E-state index is 10.6. The maximum Gasteiger partial charge on any atom is 0.368 e. The van der Waals surface area contributed by atoms with Crippen LogP contribution >= 0.6 is 0 Å². The molecule has 0 rings (SSSR count). The maximum absolute atomic E-state index is 10.6. The van der Waals surface area contributed by atoms with E-state index < -0.39 is 5.97 Å². The molecule has 0 spiro atoms. The summed E-state index contributed by atoms with van der Waals surface area (Å²) in [5, 5.41) is 0. The number of esters is 2. The van der Waals surface area contributed by atoms with E-state index in [1.165, 1.54) is 6.42 Å². The molecule has 0 aliphatic rings. The van der Waals surface area contributed by atoms with Crippen molar-refractivity contribution in [3.63, 3.8) is 0 Å². The second-order valence-corrected chi connectivity index (χ2v) is 6.10. The number of carbonyl (C=O) groups is 3. The summed E-state index contributed by atoms with van der Waals surface area (Å²) in [4.78, 5) is 40.2. The van der Waals surface area contributed by atoms with E-state index in [4.69, 9.17) is 9.47 Å². The lowest BCUT2D eigenvalue weighted by molar-refractivity contribution is -0.265. The Labute approximate surface area is 183 Å². The van der Waals surface area contributed by atoms with Crippen molar-refractivity contribution in [2.24, 2.45) is 0 Å². The molecule has 0 heterocycles. The van der Waals surface area contributed by atoms with Gasteiger partial charge in [-0.15, -0.1) is 0 Å². The predicted molar refractivity (Wildman–Crippen MR) is 121 cm³/mol. The smallest absolute Gasteiger partial charge is 0.368 e.